The number of benzene rings is 1. The van der Waals surface area contributed by atoms with Crippen molar-refractivity contribution in [3.05, 3.63) is 53.9 Å². The first-order chi connectivity index (χ1) is 13.8. The van der Waals surface area contributed by atoms with Gasteiger partial charge in [-0.25, -0.2) is 4.99 Å². The van der Waals surface area contributed by atoms with Gasteiger partial charge in [-0.3, -0.25) is 4.68 Å². The standard InChI is InChI=1S/C22H34N6/c1-3-12-27-14-9-21(10-15-27)26-22(23-4-2)24-17-19-7-5-8-20(16-19)18-28-13-6-11-25-28/h5-8,11,13,16,21H,3-4,9-10,12,14-15,17-18H2,1-2H3,(H2,23,24,26). The Labute approximate surface area is 169 Å². The van der Waals surface area contributed by atoms with Crippen molar-refractivity contribution in [3.8, 4) is 0 Å². The summed E-state index contributed by atoms with van der Waals surface area (Å²) in [5.74, 6) is 0.925. The van der Waals surface area contributed by atoms with E-state index in [2.05, 4.69) is 58.7 Å². The molecule has 0 atom stereocenters. The molecule has 0 saturated carbocycles. The first kappa shape index (κ1) is 20.4. The van der Waals surface area contributed by atoms with Crippen molar-refractivity contribution >= 4 is 5.96 Å². The summed E-state index contributed by atoms with van der Waals surface area (Å²) in [7, 11) is 0. The van der Waals surface area contributed by atoms with Crippen molar-refractivity contribution in [3.63, 3.8) is 0 Å². The Morgan fingerprint density at radius 1 is 1.18 bits per heavy atom. The summed E-state index contributed by atoms with van der Waals surface area (Å²) in [5, 5.41) is 11.3. The minimum Gasteiger partial charge on any atom is -0.357 e. The summed E-state index contributed by atoms with van der Waals surface area (Å²) in [6.45, 7) is 10.3. The highest BCUT2D eigenvalue weighted by Gasteiger charge is 2.19. The van der Waals surface area contributed by atoms with Crippen molar-refractivity contribution in [2.75, 3.05) is 26.2 Å². The van der Waals surface area contributed by atoms with Crippen molar-refractivity contribution in [2.24, 2.45) is 4.99 Å². The number of piperidine rings is 1. The molecule has 1 saturated heterocycles. The number of guanidine groups is 1. The fraction of sp³-hybridized carbons (Fsp3) is 0.545. The van der Waals surface area contributed by atoms with Crippen LogP contribution in [0.5, 0.6) is 0 Å². The molecule has 0 spiro atoms. The minimum atomic E-state index is 0.511. The van der Waals surface area contributed by atoms with Crippen molar-refractivity contribution in [1.29, 1.82) is 0 Å². The molecule has 1 aromatic heterocycles. The van der Waals surface area contributed by atoms with Gasteiger partial charge in [0.1, 0.15) is 0 Å². The van der Waals surface area contributed by atoms with Crippen LogP contribution >= 0.6 is 0 Å². The third kappa shape index (κ3) is 6.37. The normalized spacial score (nSPS) is 16.3. The Kier molecular flexibility index (Phi) is 7.91. The number of likely N-dealkylation sites (tertiary alicyclic amines) is 1. The Morgan fingerprint density at radius 3 is 2.71 bits per heavy atom. The van der Waals surface area contributed by atoms with Crippen LogP contribution in [-0.2, 0) is 13.1 Å². The Hall–Kier alpha value is -2.34. The zero-order valence-corrected chi connectivity index (χ0v) is 17.3. The molecule has 0 aliphatic carbocycles. The van der Waals surface area contributed by atoms with Gasteiger partial charge in [-0.1, -0.05) is 31.2 Å². The summed E-state index contributed by atoms with van der Waals surface area (Å²) < 4.78 is 1.94. The van der Waals surface area contributed by atoms with E-state index in [1.807, 2.05) is 23.1 Å². The van der Waals surface area contributed by atoms with Gasteiger partial charge in [0.2, 0.25) is 0 Å². The number of nitrogens with one attached hydrogen (secondary N) is 2. The molecule has 1 fully saturated rings. The van der Waals surface area contributed by atoms with Crippen LogP contribution in [0.1, 0.15) is 44.2 Å². The van der Waals surface area contributed by atoms with E-state index in [0.29, 0.717) is 12.6 Å². The molecule has 1 aliphatic rings. The smallest absolute Gasteiger partial charge is 0.191 e. The molecule has 0 radical (unpaired) electrons. The molecule has 0 amide bonds. The van der Waals surface area contributed by atoms with Gasteiger partial charge >= 0.3 is 0 Å². The molecule has 0 bridgehead atoms. The molecule has 2 aromatic rings. The fourth-order valence-electron chi connectivity index (χ4n) is 3.71. The van der Waals surface area contributed by atoms with Crippen LogP contribution in [0, 0.1) is 0 Å². The average Bonchev–Trinajstić information content (AvgIpc) is 3.21. The molecule has 1 aliphatic heterocycles. The first-order valence-electron chi connectivity index (χ1n) is 10.6. The van der Waals surface area contributed by atoms with Gasteiger partial charge in [-0.15, -0.1) is 0 Å². The lowest BCUT2D eigenvalue weighted by molar-refractivity contribution is 0.206. The van der Waals surface area contributed by atoms with E-state index in [0.717, 1.165) is 19.0 Å². The topological polar surface area (TPSA) is 57.5 Å². The Bertz CT molecular complexity index is 716. The third-order valence-electron chi connectivity index (χ3n) is 5.13. The highest BCUT2D eigenvalue weighted by atomic mass is 15.3. The van der Waals surface area contributed by atoms with Crippen LogP contribution in [0.25, 0.3) is 0 Å². The number of aromatic nitrogens is 2. The van der Waals surface area contributed by atoms with Gasteiger partial charge in [-0.2, -0.15) is 5.10 Å². The molecule has 2 N–H and O–H groups in total. The number of hydrogen-bond acceptors (Lipinski definition) is 3. The van der Waals surface area contributed by atoms with E-state index >= 15 is 0 Å². The van der Waals surface area contributed by atoms with Crippen molar-refractivity contribution in [1.82, 2.24) is 25.3 Å². The van der Waals surface area contributed by atoms with Gasteiger partial charge in [0.05, 0.1) is 13.1 Å². The molecule has 2 heterocycles. The second kappa shape index (κ2) is 10.9. The molecule has 152 valence electrons. The summed E-state index contributed by atoms with van der Waals surface area (Å²) in [5.41, 5.74) is 2.47. The fourth-order valence-corrected chi connectivity index (χ4v) is 3.71. The van der Waals surface area contributed by atoms with E-state index in [9.17, 15) is 0 Å². The number of aliphatic imine (C=N–C) groups is 1. The van der Waals surface area contributed by atoms with E-state index in [4.69, 9.17) is 4.99 Å². The van der Waals surface area contributed by atoms with E-state index < -0.39 is 0 Å². The molecule has 3 rings (SSSR count). The van der Waals surface area contributed by atoms with Gasteiger partial charge in [-0.05, 0) is 49.9 Å². The van der Waals surface area contributed by atoms with Gasteiger partial charge in [0.25, 0.3) is 0 Å². The molecule has 6 heteroatoms. The maximum atomic E-state index is 4.83. The number of rotatable bonds is 8. The van der Waals surface area contributed by atoms with E-state index in [-0.39, 0.29) is 0 Å². The molecular formula is C22H34N6. The van der Waals surface area contributed by atoms with E-state index in [1.54, 1.807) is 0 Å². The first-order valence-corrected chi connectivity index (χ1v) is 10.6. The largest absolute Gasteiger partial charge is 0.357 e. The van der Waals surface area contributed by atoms with Crippen LogP contribution in [0.15, 0.2) is 47.7 Å². The summed E-state index contributed by atoms with van der Waals surface area (Å²) in [4.78, 5) is 7.39. The molecule has 1 aromatic carbocycles. The van der Waals surface area contributed by atoms with Crippen LogP contribution in [0.3, 0.4) is 0 Å². The third-order valence-corrected chi connectivity index (χ3v) is 5.13. The lowest BCUT2D eigenvalue weighted by Crippen LogP contribution is -2.48. The van der Waals surface area contributed by atoms with Crippen molar-refractivity contribution in [2.45, 2.75) is 52.2 Å². The monoisotopic (exact) mass is 382 g/mol. The molecular weight excluding hydrogens is 348 g/mol. The lowest BCUT2D eigenvalue weighted by Gasteiger charge is -2.32. The SMILES string of the molecule is CCCN1CCC(NC(=NCc2cccc(Cn3cccn3)c2)NCC)CC1. The van der Waals surface area contributed by atoms with Gasteiger partial charge in [0, 0.05) is 38.1 Å². The van der Waals surface area contributed by atoms with Crippen LogP contribution in [0.2, 0.25) is 0 Å². The van der Waals surface area contributed by atoms with Crippen LogP contribution in [0.4, 0.5) is 0 Å². The minimum absolute atomic E-state index is 0.511. The van der Waals surface area contributed by atoms with Gasteiger partial charge < -0.3 is 15.5 Å². The number of hydrogen-bond donors (Lipinski definition) is 2. The highest BCUT2D eigenvalue weighted by molar-refractivity contribution is 5.80. The van der Waals surface area contributed by atoms with Crippen LogP contribution in [-0.4, -0.2) is 52.9 Å². The highest BCUT2D eigenvalue weighted by Crippen LogP contribution is 2.11. The number of nitrogens with zero attached hydrogens (tertiary/aromatic N) is 4. The predicted molar refractivity (Wildman–Crippen MR) is 115 cm³/mol. The second-order valence-electron chi connectivity index (χ2n) is 7.48. The summed E-state index contributed by atoms with van der Waals surface area (Å²) in [6, 6.07) is 11.1. The summed E-state index contributed by atoms with van der Waals surface area (Å²) >= 11 is 0. The van der Waals surface area contributed by atoms with E-state index in [1.165, 1.54) is 50.0 Å². The van der Waals surface area contributed by atoms with Crippen molar-refractivity contribution < 1.29 is 0 Å². The van der Waals surface area contributed by atoms with Crippen LogP contribution < -0.4 is 10.6 Å². The zero-order valence-electron chi connectivity index (χ0n) is 17.3. The summed E-state index contributed by atoms with van der Waals surface area (Å²) in [6.07, 6.45) is 7.41. The lowest BCUT2D eigenvalue weighted by atomic mass is 10.1. The maximum absolute atomic E-state index is 4.83. The zero-order chi connectivity index (χ0) is 19.6. The average molecular weight is 383 g/mol. The molecule has 6 nitrogen and oxygen atoms in total. The second-order valence-corrected chi connectivity index (χ2v) is 7.48. The maximum Gasteiger partial charge on any atom is 0.191 e. The quantitative estimate of drug-likeness (QED) is 0.544. The van der Waals surface area contributed by atoms with Gasteiger partial charge in [0.15, 0.2) is 5.96 Å². The Morgan fingerprint density at radius 2 is 2.00 bits per heavy atom. The Balaban J connectivity index is 1.55. The molecule has 0 unspecified atom stereocenters. The predicted octanol–water partition coefficient (Wildman–Crippen LogP) is 2.86. The molecule has 28 heavy (non-hydrogen) atoms.